The highest BCUT2D eigenvalue weighted by Gasteiger charge is 2.32. The van der Waals surface area contributed by atoms with E-state index < -0.39 is 18.5 Å². The molecule has 0 bridgehead atoms. The number of nitrogens with one attached hydrogen (secondary N) is 1. The summed E-state index contributed by atoms with van der Waals surface area (Å²) in [5, 5.41) is 9.14. The normalized spacial score (nSPS) is 13.2. The SMILES string of the molecule is FC(F)Oc1cc2c(cc1CNc1ccc(C(F)(F)F)nn1)OCO2. The van der Waals surface area contributed by atoms with Crippen molar-refractivity contribution in [3.8, 4) is 17.2 Å². The van der Waals surface area contributed by atoms with Gasteiger partial charge >= 0.3 is 12.8 Å². The summed E-state index contributed by atoms with van der Waals surface area (Å²) in [6.45, 7) is -3.16. The van der Waals surface area contributed by atoms with Crippen molar-refractivity contribution < 1.29 is 36.2 Å². The molecular formula is C14H10F5N3O3. The van der Waals surface area contributed by atoms with E-state index in [1.165, 1.54) is 12.1 Å². The fourth-order valence-corrected chi connectivity index (χ4v) is 2.07. The molecule has 0 unspecified atom stereocenters. The number of rotatable bonds is 5. The quantitative estimate of drug-likeness (QED) is 0.821. The number of alkyl halides is 5. The number of anilines is 1. The van der Waals surface area contributed by atoms with E-state index in [9.17, 15) is 22.0 Å². The third-order valence-corrected chi connectivity index (χ3v) is 3.19. The molecule has 11 heteroatoms. The lowest BCUT2D eigenvalue weighted by atomic mass is 10.1. The standard InChI is InChI=1S/C14H10F5N3O3/c15-13(16)25-8-4-10-9(23-6-24-10)3-7(8)5-20-12-2-1-11(21-22-12)14(17,18)19/h1-4,13H,5-6H2,(H,20,22). The van der Waals surface area contributed by atoms with Gasteiger partial charge in [-0.1, -0.05) is 0 Å². The monoisotopic (exact) mass is 363 g/mol. The van der Waals surface area contributed by atoms with Gasteiger partial charge in [0.25, 0.3) is 0 Å². The maximum atomic E-state index is 12.5. The van der Waals surface area contributed by atoms with Crippen molar-refractivity contribution in [1.82, 2.24) is 10.2 Å². The Morgan fingerprint density at radius 2 is 1.84 bits per heavy atom. The van der Waals surface area contributed by atoms with Crippen molar-refractivity contribution >= 4 is 5.82 Å². The van der Waals surface area contributed by atoms with Crippen LogP contribution in [0.25, 0.3) is 0 Å². The molecule has 1 N–H and O–H groups in total. The van der Waals surface area contributed by atoms with Gasteiger partial charge in [0.05, 0.1) is 0 Å². The van der Waals surface area contributed by atoms with Crippen molar-refractivity contribution in [2.24, 2.45) is 0 Å². The van der Waals surface area contributed by atoms with Gasteiger partial charge < -0.3 is 19.5 Å². The molecule has 134 valence electrons. The maximum Gasteiger partial charge on any atom is 0.435 e. The van der Waals surface area contributed by atoms with Gasteiger partial charge in [-0.25, -0.2) is 0 Å². The van der Waals surface area contributed by atoms with E-state index >= 15 is 0 Å². The Morgan fingerprint density at radius 1 is 1.12 bits per heavy atom. The van der Waals surface area contributed by atoms with E-state index in [-0.39, 0.29) is 36.2 Å². The van der Waals surface area contributed by atoms with Crippen molar-refractivity contribution in [3.05, 3.63) is 35.5 Å². The summed E-state index contributed by atoms with van der Waals surface area (Å²) in [6, 6.07) is 4.52. The van der Waals surface area contributed by atoms with E-state index in [2.05, 4.69) is 20.3 Å². The van der Waals surface area contributed by atoms with E-state index in [0.717, 1.165) is 12.1 Å². The van der Waals surface area contributed by atoms with Crippen LogP contribution in [-0.4, -0.2) is 23.6 Å². The maximum absolute atomic E-state index is 12.5. The first kappa shape index (κ1) is 17.0. The molecule has 0 saturated carbocycles. The van der Waals surface area contributed by atoms with E-state index in [0.29, 0.717) is 5.75 Å². The first-order valence-electron chi connectivity index (χ1n) is 6.85. The van der Waals surface area contributed by atoms with Crippen molar-refractivity contribution in [2.45, 2.75) is 19.3 Å². The van der Waals surface area contributed by atoms with Crippen LogP contribution in [0, 0.1) is 0 Å². The first-order valence-corrected chi connectivity index (χ1v) is 6.85. The Labute approximate surface area is 137 Å². The van der Waals surface area contributed by atoms with Gasteiger partial charge in [0.2, 0.25) is 6.79 Å². The summed E-state index contributed by atoms with van der Waals surface area (Å²) in [6.07, 6.45) is -4.60. The third-order valence-electron chi connectivity index (χ3n) is 3.19. The second-order valence-electron chi connectivity index (χ2n) is 4.85. The van der Waals surface area contributed by atoms with Crippen molar-refractivity contribution in [3.63, 3.8) is 0 Å². The zero-order valence-corrected chi connectivity index (χ0v) is 12.3. The summed E-state index contributed by atoms with van der Waals surface area (Å²) >= 11 is 0. The highest BCUT2D eigenvalue weighted by Crippen LogP contribution is 2.39. The molecule has 0 amide bonds. The molecule has 25 heavy (non-hydrogen) atoms. The zero-order valence-electron chi connectivity index (χ0n) is 12.3. The average Bonchev–Trinajstić information content (AvgIpc) is 2.99. The second kappa shape index (κ2) is 6.57. The molecule has 2 heterocycles. The van der Waals surface area contributed by atoms with Crippen LogP contribution in [0.1, 0.15) is 11.3 Å². The Balaban J connectivity index is 1.76. The summed E-state index contributed by atoms with van der Waals surface area (Å²) < 4.78 is 77.0. The molecule has 1 aliphatic rings. The average molecular weight is 363 g/mol. The fraction of sp³-hybridized carbons (Fsp3) is 0.286. The molecule has 0 aliphatic carbocycles. The summed E-state index contributed by atoms with van der Waals surface area (Å²) in [5.74, 6) is 0.492. The van der Waals surface area contributed by atoms with Gasteiger partial charge in [0.15, 0.2) is 17.2 Å². The van der Waals surface area contributed by atoms with Gasteiger partial charge in [0.1, 0.15) is 11.6 Å². The smallest absolute Gasteiger partial charge is 0.435 e. The molecule has 0 atom stereocenters. The minimum atomic E-state index is -4.60. The fourth-order valence-electron chi connectivity index (χ4n) is 2.07. The molecule has 0 saturated heterocycles. The van der Waals surface area contributed by atoms with Gasteiger partial charge in [-0.05, 0) is 18.2 Å². The number of benzene rings is 1. The predicted molar refractivity (Wildman–Crippen MR) is 73.6 cm³/mol. The molecule has 1 aromatic carbocycles. The molecule has 1 aromatic heterocycles. The van der Waals surface area contributed by atoms with Crippen molar-refractivity contribution in [1.29, 1.82) is 0 Å². The van der Waals surface area contributed by atoms with Gasteiger partial charge in [-0.15, -0.1) is 10.2 Å². The minimum Gasteiger partial charge on any atom is -0.454 e. The van der Waals surface area contributed by atoms with Crippen LogP contribution in [0.15, 0.2) is 24.3 Å². The van der Waals surface area contributed by atoms with Crippen LogP contribution < -0.4 is 19.5 Å². The highest BCUT2D eigenvalue weighted by atomic mass is 19.4. The number of hydrogen-bond acceptors (Lipinski definition) is 6. The summed E-state index contributed by atoms with van der Waals surface area (Å²) in [4.78, 5) is 0. The number of ether oxygens (including phenoxy) is 3. The molecule has 1 aliphatic heterocycles. The zero-order chi connectivity index (χ0) is 18.0. The number of aromatic nitrogens is 2. The largest absolute Gasteiger partial charge is 0.454 e. The van der Waals surface area contributed by atoms with Gasteiger partial charge in [0, 0.05) is 18.2 Å². The second-order valence-corrected chi connectivity index (χ2v) is 4.85. The Hall–Kier alpha value is -2.85. The number of hydrogen-bond donors (Lipinski definition) is 1. The van der Waals surface area contributed by atoms with Crippen LogP contribution in [0.3, 0.4) is 0 Å². The first-order chi connectivity index (χ1) is 11.8. The number of nitrogens with zero attached hydrogens (tertiary/aromatic N) is 2. The summed E-state index contributed by atoms with van der Waals surface area (Å²) in [5.41, 5.74) is -0.853. The van der Waals surface area contributed by atoms with Crippen LogP contribution in [0.5, 0.6) is 17.2 Å². The molecule has 2 aromatic rings. The van der Waals surface area contributed by atoms with E-state index in [4.69, 9.17) is 9.47 Å². The Kier molecular flexibility index (Phi) is 4.47. The minimum absolute atomic E-state index is 0.0358. The van der Waals surface area contributed by atoms with E-state index in [1.54, 1.807) is 0 Å². The Bertz CT molecular complexity index is 753. The third kappa shape index (κ3) is 3.98. The van der Waals surface area contributed by atoms with E-state index in [1.807, 2.05) is 0 Å². The molecule has 0 spiro atoms. The topological polar surface area (TPSA) is 65.5 Å². The van der Waals surface area contributed by atoms with Crippen LogP contribution >= 0.6 is 0 Å². The van der Waals surface area contributed by atoms with Crippen molar-refractivity contribution in [2.75, 3.05) is 12.1 Å². The molecule has 3 rings (SSSR count). The highest BCUT2D eigenvalue weighted by molar-refractivity contribution is 5.53. The van der Waals surface area contributed by atoms with Crippen LogP contribution in [0.2, 0.25) is 0 Å². The Morgan fingerprint density at radius 3 is 2.44 bits per heavy atom. The molecule has 6 nitrogen and oxygen atoms in total. The number of fused-ring (bicyclic) bond motifs is 1. The lowest BCUT2D eigenvalue weighted by Crippen LogP contribution is -2.11. The summed E-state index contributed by atoms with van der Waals surface area (Å²) in [7, 11) is 0. The van der Waals surface area contributed by atoms with Crippen LogP contribution in [0.4, 0.5) is 27.8 Å². The predicted octanol–water partition coefficient (Wildman–Crippen LogP) is 3.44. The molecule has 0 fully saturated rings. The number of halogens is 5. The van der Waals surface area contributed by atoms with Gasteiger partial charge in [-0.2, -0.15) is 22.0 Å². The van der Waals surface area contributed by atoms with Gasteiger partial charge in [-0.3, -0.25) is 0 Å². The van der Waals surface area contributed by atoms with Crippen LogP contribution in [-0.2, 0) is 12.7 Å². The lowest BCUT2D eigenvalue weighted by molar-refractivity contribution is -0.141. The molecule has 0 radical (unpaired) electrons. The lowest BCUT2D eigenvalue weighted by Gasteiger charge is -2.13. The molecular weight excluding hydrogens is 353 g/mol.